The van der Waals surface area contributed by atoms with Crippen LogP contribution in [-0.4, -0.2) is 87.1 Å². The van der Waals surface area contributed by atoms with E-state index < -0.39 is 24.7 Å². The molecule has 0 saturated carbocycles. The summed E-state index contributed by atoms with van der Waals surface area (Å²) in [5.74, 6) is 1.08. The molecule has 0 saturated heterocycles. The number of terminal acetylenes is 1. The second-order valence-corrected chi connectivity index (χ2v) is 16.3. The van der Waals surface area contributed by atoms with Crippen LogP contribution in [0.25, 0.3) is 0 Å². The third-order valence-electron chi connectivity index (χ3n) is 6.72. The molecule has 0 aliphatic carbocycles. The van der Waals surface area contributed by atoms with Crippen molar-refractivity contribution in [3.8, 4) is 12.3 Å². The van der Waals surface area contributed by atoms with Crippen molar-refractivity contribution in [1.82, 2.24) is 21.3 Å². The largest absolute Gasteiger partial charge is 0.386 e. The molecule has 0 fully saturated rings. The Bertz CT molecular complexity index is 1480. The number of unbranched alkanes of at least 4 members (excludes halogenated alkanes) is 1. The molecule has 0 radical (unpaired) electrons. The molecule has 14 nitrogen and oxygen atoms in total. The molecule has 0 heterocycles. The van der Waals surface area contributed by atoms with E-state index in [1.54, 1.807) is 24.3 Å². The summed E-state index contributed by atoms with van der Waals surface area (Å²) < 4.78 is 23.1. The quantitative estimate of drug-likeness (QED) is 0.0367. The Balaban J connectivity index is 1.69. The maximum atomic E-state index is 12.6. The molecule has 0 aromatic heterocycles. The number of carbonyl (C=O) groups excluding carboxylic acids is 3. The van der Waals surface area contributed by atoms with E-state index in [0.717, 1.165) is 12.1 Å². The number of ether oxygens (including phenoxy) is 1. The van der Waals surface area contributed by atoms with Crippen LogP contribution in [-0.2, 0) is 23.4 Å². The van der Waals surface area contributed by atoms with E-state index >= 15 is 0 Å². The molecule has 2 aromatic carbocycles. The fraction of sp³-hybridized carbons (Fsp3) is 0.500. The van der Waals surface area contributed by atoms with E-state index in [0.29, 0.717) is 54.4 Å². The Morgan fingerprint density at radius 1 is 1.00 bits per heavy atom. The van der Waals surface area contributed by atoms with E-state index in [4.69, 9.17) is 15.7 Å². The summed E-state index contributed by atoms with van der Waals surface area (Å²) in [6, 6.07) is 13.3. The first-order valence-corrected chi connectivity index (χ1v) is 19.4. The summed E-state index contributed by atoms with van der Waals surface area (Å²) in [7, 11) is 3.91. The van der Waals surface area contributed by atoms with Gasteiger partial charge in [0.2, 0.25) is 11.8 Å². The first-order chi connectivity index (χ1) is 23.7. The number of anilines is 1. The Hall–Kier alpha value is -3.77. The van der Waals surface area contributed by atoms with Crippen molar-refractivity contribution < 1.29 is 33.1 Å². The van der Waals surface area contributed by atoms with Gasteiger partial charge in [-0.15, -0.1) is 6.42 Å². The van der Waals surface area contributed by atoms with Gasteiger partial charge in [0.05, 0.1) is 36.9 Å². The summed E-state index contributed by atoms with van der Waals surface area (Å²) >= 11 is 0.595. The van der Waals surface area contributed by atoms with Gasteiger partial charge >= 0.3 is 6.80 Å². The Kier molecular flexibility index (Phi) is 18.8. The maximum absolute atomic E-state index is 12.6. The second kappa shape index (κ2) is 22.1. The Morgan fingerprint density at radius 2 is 1.64 bits per heavy atom. The highest BCUT2D eigenvalue weighted by Crippen LogP contribution is 2.55. The molecule has 3 amide bonds. The normalized spacial score (nSPS) is 13.2. The van der Waals surface area contributed by atoms with Crippen LogP contribution in [0.15, 0.2) is 58.8 Å². The minimum atomic E-state index is -4.10. The first-order valence-electron chi connectivity index (χ1n) is 16.2. The van der Waals surface area contributed by atoms with Gasteiger partial charge < -0.3 is 30.5 Å². The number of benzene rings is 2. The van der Waals surface area contributed by atoms with Gasteiger partial charge in [-0.05, 0) is 106 Å². The number of nitrogens with zero attached hydrogens (tertiary/aromatic N) is 3. The SMILES string of the molecule is C#CCNC(=O)C(CCCCNCOC(C)(C)C)NC(=O)CCSP(=O)(O)OCCNC(=O)c1ccc(N=Nc2ccc(N(C)C)cc2)cc1. The smallest absolute Gasteiger partial charge is 0.378 e. The van der Waals surface area contributed by atoms with Crippen molar-refractivity contribution in [1.29, 1.82) is 0 Å². The molecule has 2 atom stereocenters. The third kappa shape index (κ3) is 18.3. The summed E-state index contributed by atoms with van der Waals surface area (Å²) in [6.07, 6.45) is 6.94. The molecule has 0 bridgehead atoms. The van der Waals surface area contributed by atoms with Gasteiger partial charge in [0.15, 0.2) is 0 Å². The molecular formula is C34H50N7O7PS. The van der Waals surface area contributed by atoms with Gasteiger partial charge in [0.25, 0.3) is 5.91 Å². The number of carbonyl (C=O) groups is 3. The zero-order chi connectivity index (χ0) is 37.0. The fourth-order valence-electron chi connectivity index (χ4n) is 4.07. The van der Waals surface area contributed by atoms with Gasteiger partial charge in [0.1, 0.15) is 6.04 Å². The topological polar surface area (TPSA) is 183 Å². The molecule has 2 rings (SSSR count). The highest BCUT2D eigenvalue weighted by molar-refractivity contribution is 8.54. The number of rotatable bonds is 22. The van der Waals surface area contributed by atoms with Gasteiger partial charge in [0, 0.05) is 44.1 Å². The predicted molar refractivity (Wildman–Crippen MR) is 198 cm³/mol. The molecule has 2 unspecified atom stereocenters. The van der Waals surface area contributed by atoms with E-state index in [1.807, 2.05) is 64.0 Å². The minimum absolute atomic E-state index is 0.0115. The van der Waals surface area contributed by atoms with Crippen molar-refractivity contribution in [2.45, 2.75) is 58.1 Å². The second-order valence-electron chi connectivity index (χ2n) is 12.2. The summed E-state index contributed by atoms with van der Waals surface area (Å²) in [5.41, 5.74) is 2.45. The van der Waals surface area contributed by atoms with Crippen LogP contribution in [0.4, 0.5) is 17.1 Å². The average Bonchev–Trinajstić information content (AvgIpc) is 3.06. The number of nitrogens with one attached hydrogen (secondary N) is 4. The van der Waals surface area contributed by atoms with Crippen molar-refractivity contribution in [2.24, 2.45) is 10.2 Å². The lowest BCUT2D eigenvalue weighted by Gasteiger charge is -2.20. The molecular weight excluding hydrogens is 681 g/mol. The zero-order valence-electron chi connectivity index (χ0n) is 29.4. The molecule has 0 aliphatic heterocycles. The predicted octanol–water partition coefficient (Wildman–Crippen LogP) is 4.90. The van der Waals surface area contributed by atoms with Crippen LogP contribution < -0.4 is 26.2 Å². The zero-order valence-corrected chi connectivity index (χ0v) is 31.1. The van der Waals surface area contributed by atoms with Crippen molar-refractivity contribution >= 4 is 53.0 Å². The van der Waals surface area contributed by atoms with Crippen LogP contribution in [0.1, 0.15) is 56.8 Å². The Labute approximate surface area is 299 Å². The van der Waals surface area contributed by atoms with Crippen LogP contribution in [0.2, 0.25) is 0 Å². The molecule has 2 aromatic rings. The third-order valence-corrected chi connectivity index (χ3v) is 9.79. The lowest BCUT2D eigenvalue weighted by atomic mass is 10.1. The van der Waals surface area contributed by atoms with Gasteiger partial charge in [-0.1, -0.05) is 5.92 Å². The molecule has 16 heteroatoms. The minimum Gasteiger partial charge on any atom is -0.378 e. The molecule has 0 aliphatic rings. The monoisotopic (exact) mass is 731 g/mol. The lowest BCUT2D eigenvalue weighted by Crippen LogP contribution is -2.47. The summed E-state index contributed by atoms with van der Waals surface area (Å²) in [5, 5.41) is 19.5. The van der Waals surface area contributed by atoms with E-state index in [2.05, 4.69) is 37.4 Å². The van der Waals surface area contributed by atoms with Crippen molar-refractivity contribution in [2.75, 3.05) is 57.7 Å². The maximum Gasteiger partial charge on any atom is 0.386 e. The average molecular weight is 732 g/mol. The van der Waals surface area contributed by atoms with Crippen LogP contribution in [0.5, 0.6) is 0 Å². The van der Waals surface area contributed by atoms with Crippen LogP contribution in [0, 0.1) is 12.3 Å². The van der Waals surface area contributed by atoms with Gasteiger partial charge in [-0.3, -0.25) is 24.2 Å². The van der Waals surface area contributed by atoms with Crippen molar-refractivity contribution in [3.63, 3.8) is 0 Å². The number of hydrogen-bond acceptors (Lipinski definition) is 11. The van der Waals surface area contributed by atoms with E-state index in [1.165, 1.54) is 0 Å². The van der Waals surface area contributed by atoms with E-state index in [9.17, 15) is 23.8 Å². The fourth-order valence-corrected chi connectivity index (χ4v) is 6.38. The number of amides is 3. The summed E-state index contributed by atoms with van der Waals surface area (Å²) in [6.45, 7) is 2.71. The highest BCUT2D eigenvalue weighted by Gasteiger charge is 2.23. The van der Waals surface area contributed by atoms with Gasteiger partial charge in [-0.25, -0.2) is 4.57 Å². The highest BCUT2D eigenvalue weighted by atomic mass is 32.7. The molecule has 5 N–H and O–H groups in total. The van der Waals surface area contributed by atoms with E-state index in [-0.39, 0.29) is 43.4 Å². The number of azo groups is 1. The number of hydrogen-bond donors (Lipinski definition) is 5. The van der Waals surface area contributed by atoms with Gasteiger partial charge in [-0.2, -0.15) is 10.2 Å². The van der Waals surface area contributed by atoms with Crippen LogP contribution >= 0.6 is 18.2 Å². The Morgan fingerprint density at radius 3 is 2.24 bits per heavy atom. The lowest BCUT2D eigenvalue weighted by molar-refractivity contribution is -0.128. The van der Waals surface area contributed by atoms with Crippen LogP contribution in [0.3, 0.4) is 0 Å². The molecule has 0 spiro atoms. The molecule has 274 valence electrons. The summed E-state index contributed by atoms with van der Waals surface area (Å²) in [4.78, 5) is 49.7. The van der Waals surface area contributed by atoms with Crippen molar-refractivity contribution in [3.05, 3.63) is 54.1 Å². The first kappa shape index (κ1) is 42.4. The molecule has 50 heavy (non-hydrogen) atoms. The standard InChI is InChI=1S/C34H50N7O7PS/c1-7-20-36-33(44)30(10-8-9-21-35-25-47-34(2,3)4)38-31(42)19-24-50-49(45,46)48-23-22-37-32(43)26-11-13-27(14-12-26)39-40-28-15-17-29(18-16-28)41(5)6/h1,11-18,30,35H,8-10,19-25H2,2-6H3,(H,36,44)(H,37,43)(H,38,42)(H,45,46).